The highest BCUT2D eigenvalue weighted by atomic mass is 32.2. The van der Waals surface area contributed by atoms with Crippen LogP contribution in [0.25, 0.3) is 0 Å². The molecule has 0 aromatic heterocycles. The van der Waals surface area contributed by atoms with Crippen LogP contribution in [0.4, 0.5) is 4.39 Å². The number of thioether (sulfide) groups is 1. The number of hydrogen-bond donors (Lipinski definition) is 0. The Hall–Kier alpha value is -0.540. The molecule has 1 aliphatic rings. The van der Waals surface area contributed by atoms with E-state index in [0.717, 1.165) is 17.3 Å². The summed E-state index contributed by atoms with van der Waals surface area (Å²) in [6.07, 6.45) is 0.431. The van der Waals surface area contributed by atoms with Crippen LogP contribution in [0.1, 0.15) is 0 Å². The van der Waals surface area contributed by atoms with Gasteiger partial charge in [0.25, 0.3) is 0 Å². The van der Waals surface area contributed by atoms with Crippen LogP contribution in [0, 0.1) is 5.82 Å². The molecule has 2 rings (SSSR count). The number of hydrogen-bond acceptors (Lipinski definition) is 2. The maximum atomic E-state index is 12.5. The topological polar surface area (TPSA) is 12.5 Å². The average Bonchev–Trinajstić information content (AvgIpc) is 2.87. The molecule has 12 heavy (non-hydrogen) atoms. The normalized spacial score (nSPS) is 20.9. The van der Waals surface area contributed by atoms with E-state index in [9.17, 15) is 4.39 Å². The molecule has 0 N–H and O–H groups in total. The number of benzene rings is 1. The first kappa shape index (κ1) is 8.08. The highest BCUT2D eigenvalue weighted by molar-refractivity contribution is 7.99. The van der Waals surface area contributed by atoms with Gasteiger partial charge >= 0.3 is 0 Å². The summed E-state index contributed by atoms with van der Waals surface area (Å²) < 4.78 is 17.5. The molecular formula is C9H9FOS. The monoisotopic (exact) mass is 184 g/mol. The fraction of sp³-hybridized carbons (Fsp3) is 0.333. The molecule has 3 heteroatoms. The van der Waals surface area contributed by atoms with E-state index in [-0.39, 0.29) is 5.82 Å². The average molecular weight is 184 g/mol. The molecule has 0 aliphatic carbocycles. The van der Waals surface area contributed by atoms with E-state index in [1.54, 1.807) is 23.9 Å². The predicted octanol–water partition coefficient (Wildman–Crippen LogP) is 2.32. The lowest BCUT2D eigenvalue weighted by atomic mass is 10.4. The van der Waals surface area contributed by atoms with Gasteiger partial charge in [0.05, 0.1) is 12.7 Å². The molecule has 1 saturated heterocycles. The van der Waals surface area contributed by atoms with Crippen LogP contribution >= 0.6 is 11.8 Å². The molecule has 1 atom stereocenters. The second kappa shape index (κ2) is 3.46. The minimum Gasteiger partial charge on any atom is -0.372 e. The molecule has 0 spiro atoms. The summed E-state index contributed by atoms with van der Waals surface area (Å²) in [5, 5.41) is 0. The van der Waals surface area contributed by atoms with Crippen LogP contribution in [0.2, 0.25) is 0 Å². The van der Waals surface area contributed by atoms with Crippen molar-refractivity contribution in [1.29, 1.82) is 0 Å². The minimum atomic E-state index is -0.179. The molecule has 0 radical (unpaired) electrons. The van der Waals surface area contributed by atoms with Gasteiger partial charge in [-0.1, -0.05) is 0 Å². The number of epoxide rings is 1. The Morgan fingerprint density at radius 2 is 2.08 bits per heavy atom. The third-order valence-electron chi connectivity index (χ3n) is 1.65. The Labute approximate surface area is 74.9 Å². The third kappa shape index (κ3) is 2.22. The molecule has 1 aromatic rings. The lowest BCUT2D eigenvalue weighted by Crippen LogP contribution is -1.88. The van der Waals surface area contributed by atoms with Crippen LogP contribution in [0.15, 0.2) is 29.2 Å². The summed E-state index contributed by atoms with van der Waals surface area (Å²) in [7, 11) is 0. The maximum absolute atomic E-state index is 12.5. The van der Waals surface area contributed by atoms with Gasteiger partial charge in [0.1, 0.15) is 5.82 Å². The van der Waals surface area contributed by atoms with Crippen molar-refractivity contribution < 1.29 is 9.13 Å². The van der Waals surface area contributed by atoms with E-state index in [0.29, 0.717) is 6.10 Å². The van der Waals surface area contributed by atoms with Gasteiger partial charge < -0.3 is 4.74 Å². The van der Waals surface area contributed by atoms with Gasteiger partial charge in [0.2, 0.25) is 0 Å². The fourth-order valence-corrected chi connectivity index (χ4v) is 1.78. The molecule has 1 nitrogen and oxygen atoms in total. The summed E-state index contributed by atoms with van der Waals surface area (Å²) >= 11 is 1.71. The highest BCUT2D eigenvalue weighted by Crippen LogP contribution is 2.23. The van der Waals surface area contributed by atoms with Crippen LogP contribution in [0.5, 0.6) is 0 Å². The van der Waals surface area contributed by atoms with Gasteiger partial charge in [-0.25, -0.2) is 4.39 Å². The zero-order chi connectivity index (χ0) is 8.39. The molecule has 0 saturated carbocycles. The summed E-state index contributed by atoms with van der Waals surface area (Å²) in [5.74, 6) is 0.799. The third-order valence-corrected chi connectivity index (χ3v) is 2.80. The van der Waals surface area contributed by atoms with Gasteiger partial charge in [-0.05, 0) is 24.3 Å². The zero-order valence-corrected chi connectivity index (χ0v) is 7.31. The van der Waals surface area contributed by atoms with E-state index in [2.05, 4.69) is 0 Å². The molecular weight excluding hydrogens is 175 g/mol. The molecule has 64 valence electrons. The van der Waals surface area contributed by atoms with Crippen LogP contribution in [0.3, 0.4) is 0 Å². The molecule has 1 aromatic carbocycles. The van der Waals surface area contributed by atoms with Crippen molar-refractivity contribution in [3.05, 3.63) is 30.1 Å². The lowest BCUT2D eigenvalue weighted by molar-refractivity contribution is 0.426. The van der Waals surface area contributed by atoms with Crippen LogP contribution in [-0.2, 0) is 4.74 Å². The quantitative estimate of drug-likeness (QED) is 0.528. The van der Waals surface area contributed by atoms with Crippen molar-refractivity contribution in [2.45, 2.75) is 11.0 Å². The first-order valence-corrected chi connectivity index (χ1v) is 4.83. The van der Waals surface area contributed by atoms with Gasteiger partial charge in [-0.2, -0.15) is 0 Å². The van der Waals surface area contributed by atoms with Crippen molar-refractivity contribution in [1.82, 2.24) is 0 Å². The molecule has 1 aliphatic heterocycles. The second-order valence-corrected chi connectivity index (χ2v) is 3.81. The van der Waals surface area contributed by atoms with E-state index in [1.165, 1.54) is 12.1 Å². The molecule has 0 bridgehead atoms. The van der Waals surface area contributed by atoms with Gasteiger partial charge in [0, 0.05) is 10.6 Å². The lowest BCUT2D eigenvalue weighted by Gasteiger charge is -1.97. The molecule has 0 amide bonds. The first-order valence-electron chi connectivity index (χ1n) is 3.84. The van der Waals surface area contributed by atoms with E-state index in [1.807, 2.05) is 0 Å². The van der Waals surface area contributed by atoms with E-state index >= 15 is 0 Å². The Balaban J connectivity index is 1.89. The largest absolute Gasteiger partial charge is 0.372 e. The van der Waals surface area contributed by atoms with Gasteiger partial charge in [-0.3, -0.25) is 0 Å². The highest BCUT2D eigenvalue weighted by Gasteiger charge is 2.21. The predicted molar refractivity (Wildman–Crippen MR) is 46.9 cm³/mol. The summed E-state index contributed by atoms with van der Waals surface area (Å²) in [6, 6.07) is 6.55. The van der Waals surface area contributed by atoms with Crippen LogP contribution < -0.4 is 0 Å². The summed E-state index contributed by atoms with van der Waals surface area (Å²) in [4.78, 5) is 1.10. The van der Waals surface area contributed by atoms with Crippen molar-refractivity contribution in [3.8, 4) is 0 Å². The minimum absolute atomic E-state index is 0.179. The van der Waals surface area contributed by atoms with Crippen molar-refractivity contribution >= 4 is 11.8 Å². The number of halogens is 1. The van der Waals surface area contributed by atoms with Gasteiger partial charge in [0.15, 0.2) is 0 Å². The second-order valence-electron chi connectivity index (χ2n) is 2.72. The Morgan fingerprint density at radius 3 is 2.67 bits per heavy atom. The SMILES string of the molecule is Fc1ccc(SCC2CO2)cc1. The molecule has 1 unspecified atom stereocenters. The standard InChI is InChI=1S/C9H9FOS/c10-7-1-3-9(4-2-7)12-6-8-5-11-8/h1-4,8H,5-6H2. The first-order chi connectivity index (χ1) is 5.84. The van der Waals surface area contributed by atoms with Gasteiger partial charge in [-0.15, -0.1) is 11.8 Å². The Bertz CT molecular complexity index is 256. The van der Waals surface area contributed by atoms with Crippen LogP contribution in [-0.4, -0.2) is 18.5 Å². The fourth-order valence-electron chi connectivity index (χ4n) is 0.884. The Kier molecular flexibility index (Phi) is 2.33. The van der Waals surface area contributed by atoms with E-state index < -0.39 is 0 Å². The zero-order valence-electron chi connectivity index (χ0n) is 6.50. The van der Waals surface area contributed by atoms with Crippen molar-refractivity contribution in [3.63, 3.8) is 0 Å². The molecule has 1 fully saturated rings. The Morgan fingerprint density at radius 1 is 1.42 bits per heavy atom. The van der Waals surface area contributed by atoms with E-state index in [4.69, 9.17) is 4.74 Å². The van der Waals surface area contributed by atoms with Crippen molar-refractivity contribution in [2.75, 3.05) is 12.4 Å². The summed E-state index contributed by atoms with van der Waals surface area (Å²) in [5.41, 5.74) is 0. The number of rotatable bonds is 3. The van der Waals surface area contributed by atoms with Crippen molar-refractivity contribution in [2.24, 2.45) is 0 Å². The maximum Gasteiger partial charge on any atom is 0.123 e. The smallest absolute Gasteiger partial charge is 0.123 e. The number of ether oxygens (including phenoxy) is 1. The molecule has 1 heterocycles. The summed E-state index contributed by atoms with van der Waals surface area (Å²) in [6.45, 7) is 0.883.